The van der Waals surface area contributed by atoms with E-state index < -0.39 is 0 Å². The topological polar surface area (TPSA) is 61.8 Å². The van der Waals surface area contributed by atoms with Crippen LogP contribution >= 0.6 is 11.8 Å². The molecular weight excluding hydrogens is 250 g/mol. The smallest absolute Gasteiger partial charge is 0.242 e. The molecule has 0 saturated carbocycles. The van der Waals surface area contributed by atoms with Gasteiger partial charge in [0.25, 0.3) is 0 Å². The van der Waals surface area contributed by atoms with Crippen molar-refractivity contribution < 1.29 is 9.59 Å². The summed E-state index contributed by atoms with van der Waals surface area (Å²) in [4.78, 5) is 29.7. The number of hydrogen-bond acceptors (Lipinski definition) is 4. The van der Waals surface area contributed by atoms with Gasteiger partial charge in [0.1, 0.15) is 5.25 Å². The number of hydrogen-bond donors (Lipinski definition) is 1. The van der Waals surface area contributed by atoms with Crippen LogP contribution in [-0.2, 0) is 9.59 Å². The Labute approximate surface area is 112 Å². The normalized spacial score (nSPS) is 22.1. The third-order valence-electron chi connectivity index (χ3n) is 2.45. The Morgan fingerprint density at radius 1 is 1.50 bits per heavy atom. The molecule has 0 aromatic carbocycles. The van der Waals surface area contributed by atoms with Crippen LogP contribution in [-0.4, -0.2) is 46.3 Å². The Morgan fingerprint density at radius 2 is 2.17 bits per heavy atom. The van der Waals surface area contributed by atoms with Gasteiger partial charge in [-0.05, 0) is 27.7 Å². The summed E-state index contributed by atoms with van der Waals surface area (Å²) in [6.07, 6.45) is 0.223. The van der Waals surface area contributed by atoms with Gasteiger partial charge in [0.05, 0.1) is 0 Å². The number of nitrogens with zero attached hydrogens (tertiary/aromatic N) is 2. The summed E-state index contributed by atoms with van der Waals surface area (Å²) in [5.41, 5.74) is 0. The molecule has 18 heavy (non-hydrogen) atoms. The largest absolute Gasteiger partial charge is 0.354 e. The van der Waals surface area contributed by atoms with Gasteiger partial charge in [-0.3, -0.25) is 19.5 Å². The quantitative estimate of drug-likeness (QED) is 0.818. The summed E-state index contributed by atoms with van der Waals surface area (Å²) < 4.78 is 0. The molecule has 0 spiro atoms. The predicted octanol–water partition coefficient (Wildman–Crippen LogP) is 1.24. The highest BCUT2D eigenvalue weighted by Crippen LogP contribution is 2.29. The second kappa shape index (κ2) is 6.78. The number of carbonyl (C=O) groups is 2. The zero-order valence-corrected chi connectivity index (χ0v) is 12.2. The van der Waals surface area contributed by atoms with Gasteiger partial charge in [0.2, 0.25) is 11.8 Å². The predicted molar refractivity (Wildman–Crippen MR) is 74.6 cm³/mol. The van der Waals surface area contributed by atoms with E-state index >= 15 is 0 Å². The molecule has 0 aromatic rings. The maximum atomic E-state index is 12.1. The first-order valence-corrected chi connectivity index (χ1v) is 7.19. The van der Waals surface area contributed by atoms with Gasteiger partial charge in [-0.1, -0.05) is 11.8 Å². The Balaban J connectivity index is 2.66. The fourth-order valence-corrected chi connectivity index (χ4v) is 3.00. The number of thioether (sulfide) groups is 1. The SMILES string of the molecule is CCN=C1S[C@H](CC(=O)NC(C)C)C(=O)N1CC. The van der Waals surface area contributed by atoms with Crippen LogP contribution in [0.4, 0.5) is 0 Å². The Bertz CT molecular complexity index is 355. The lowest BCUT2D eigenvalue weighted by atomic mass is 10.2. The van der Waals surface area contributed by atoms with E-state index in [0.29, 0.717) is 13.1 Å². The molecule has 1 aliphatic heterocycles. The number of amides is 2. The molecule has 6 heteroatoms. The van der Waals surface area contributed by atoms with Crippen molar-refractivity contribution in [1.82, 2.24) is 10.2 Å². The van der Waals surface area contributed by atoms with Crippen molar-refractivity contribution in [2.75, 3.05) is 13.1 Å². The van der Waals surface area contributed by atoms with Gasteiger partial charge >= 0.3 is 0 Å². The Kier molecular flexibility index (Phi) is 5.65. The van der Waals surface area contributed by atoms with Crippen molar-refractivity contribution >= 4 is 28.7 Å². The van der Waals surface area contributed by atoms with Gasteiger partial charge in [-0.2, -0.15) is 0 Å². The maximum Gasteiger partial charge on any atom is 0.242 e. The number of amidine groups is 1. The van der Waals surface area contributed by atoms with Crippen molar-refractivity contribution in [3.63, 3.8) is 0 Å². The van der Waals surface area contributed by atoms with Gasteiger partial charge in [-0.15, -0.1) is 0 Å². The van der Waals surface area contributed by atoms with E-state index in [9.17, 15) is 9.59 Å². The highest BCUT2D eigenvalue weighted by Gasteiger charge is 2.37. The van der Waals surface area contributed by atoms with E-state index in [4.69, 9.17) is 0 Å². The zero-order chi connectivity index (χ0) is 13.7. The molecule has 0 aromatic heterocycles. The van der Waals surface area contributed by atoms with Crippen molar-refractivity contribution in [2.45, 2.75) is 45.4 Å². The molecule has 1 heterocycles. The molecule has 1 fully saturated rings. The summed E-state index contributed by atoms with van der Waals surface area (Å²) in [6, 6.07) is 0.102. The number of aliphatic imine (C=N–C) groups is 1. The average Bonchev–Trinajstić information content (AvgIpc) is 2.54. The molecule has 1 atom stereocenters. The number of rotatable bonds is 5. The monoisotopic (exact) mass is 271 g/mol. The standard InChI is InChI=1S/C12H21N3O2S/c1-5-13-12-15(6-2)11(17)9(18-12)7-10(16)14-8(3)4/h8-9H,5-7H2,1-4H3,(H,14,16)/t9-/m1/s1. The van der Waals surface area contributed by atoms with Crippen LogP contribution in [0, 0.1) is 0 Å². The van der Waals surface area contributed by atoms with Crippen LogP contribution < -0.4 is 5.32 Å². The molecule has 5 nitrogen and oxygen atoms in total. The summed E-state index contributed by atoms with van der Waals surface area (Å²) in [5.74, 6) is -0.0849. The zero-order valence-electron chi connectivity index (χ0n) is 11.4. The highest BCUT2D eigenvalue weighted by atomic mass is 32.2. The second-order valence-electron chi connectivity index (χ2n) is 4.37. The minimum atomic E-state index is -0.325. The molecule has 1 aliphatic rings. The lowest BCUT2D eigenvalue weighted by Crippen LogP contribution is -2.36. The third-order valence-corrected chi connectivity index (χ3v) is 3.66. The number of carbonyl (C=O) groups excluding carboxylic acids is 2. The van der Waals surface area contributed by atoms with Crippen molar-refractivity contribution in [3.8, 4) is 0 Å². The highest BCUT2D eigenvalue weighted by molar-refractivity contribution is 8.15. The molecule has 2 amide bonds. The molecule has 1 rings (SSSR count). The molecule has 0 radical (unpaired) electrons. The first-order chi connectivity index (χ1) is 8.49. The van der Waals surface area contributed by atoms with E-state index in [2.05, 4.69) is 10.3 Å². The molecule has 0 unspecified atom stereocenters. The summed E-state index contributed by atoms with van der Waals surface area (Å²) in [5, 5.41) is 3.22. The number of nitrogens with one attached hydrogen (secondary N) is 1. The van der Waals surface area contributed by atoms with Crippen molar-refractivity contribution in [2.24, 2.45) is 4.99 Å². The van der Waals surface area contributed by atoms with Gasteiger partial charge in [0.15, 0.2) is 5.17 Å². The van der Waals surface area contributed by atoms with Crippen LogP contribution in [0.15, 0.2) is 4.99 Å². The summed E-state index contributed by atoms with van der Waals surface area (Å²) >= 11 is 1.40. The molecular formula is C12H21N3O2S. The first-order valence-electron chi connectivity index (χ1n) is 6.31. The first kappa shape index (κ1) is 15.0. The van der Waals surface area contributed by atoms with Crippen LogP contribution in [0.5, 0.6) is 0 Å². The van der Waals surface area contributed by atoms with Crippen LogP contribution in [0.25, 0.3) is 0 Å². The third kappa shape index (κ3) is 3.73. The summed E-state index contributed by atoms with van der Waals surface area (Å²) in [7, 11) is 0. The lowest BCUT2D eigenvalue weighted by molar-refractivity contribution is -0.129. The van der Waals surface area contributed by atoms with Gasteiger partial charge in [-0.25, -0.2) is 0 Å². The minimum Gasteiger partial charge on any atom is -0.354 e. The van der Waals surface area contributed by atoms with Crippen LogP contribution in [0.1, 0.15) is 34.1 Å². The fourth-order valence-electron chi connectivity index (χ4n) is 1.74. The maximum absolute atomic E-state index is 12.1. The Hall–Kier alpha value is -1.04. The van der Waals surface area contributed by atoms with Crippen molar-refractivity contribution in [3.05, 3.63) is 0 Å². The van der Waals surface area contributed by atoms with E-state index in [1.165, 1.54) is 11.8 Å². The fraction of sp³-hybridized carbons (Fsp3) is 0.750. The molecule has 1 saturated heterocycles. The van der Waals surface area contributed by atoms with E-state index in [1.54, 1.807) is 4.90 Å². The second-order valence-corrected chi connectivity index (χ2v) is 5.54. The minimum absolute atomic E-state index is 0.00592. The van der Waals surface area contributed by atoms with E-state index in [1.807, 2.05) is 27.7 Å². The lowest BCUT2D eigenvalue weighted by Gasteiger charge is -2.13. The van der Waals surface area contributed by atoms with Gasteiger partial charge in [0, 0.05) is 25.6 Å². The van der Waals surface area contributed by atoms with E-state index in [-0.39, 0.29) is 29.5 Å². The molecule has 0 bridgehead atoms. The van der Waals surface area contributed by atoms with E-state index in [0.717, 1.165) is 5.17 Å². The van der Waals surface area contributed by atoms with Gasteiger partial charge < -0.3 is 5.32 Å². The van der Waals surface area contributed by atoms with Crippen LogP contribution in [0.3, 0.4) is 0 Å². The van der Waals surface area contributed by atoms with Crippen molar-refractivity contribution in [1.29, 1.82) is 0 Å². The van der Waals surface area contributed by atoms with Crippen LogP contribution in [0.2, 0.25) is 0 Å². The molecule has 0 aliphatic carbocycles. The average molecular weight is 271 g/mol. The molecule has 102 valence electrons. The molecule has 1 N–H and O–H groups in total. The summed E-state index contributed by atoms with van der Waals surface area (Å²) in [6.45, 7) is 8.92. The Morgan fingerprint density at radius 3 is 2.67 bits per heavy atom.